The van der Waals surface area contributed by atoms with Gasteiger partial charge in [0.05, 0.1) is 24.5 Å². The fourth-order valence-electron chi connectivity index (χ4n) is 5.17. The van der Waals surface area contributed by atoms with E-state index in [9.17, 15) is 15.0 Å². The number of aliphatic hydroxyl groups excluding tert-OH is 1. The van der Waals surface area contributed by atoms with Crippen molar-refractivity contribution in [2.75, 3.05) is 5.75 Å². The second-order valence-corrected chi connectivity index (χ2v) is 11.8. The molecule has 5 aromatic rings. The lowest BCUT2D eigenvalue weighted by Crippen LogP contribution is -2.31. The zero-order chi connectivity index (χ0) is 31.2. The van der Waals surface area contributed by atoms with Gasteiger partial charge < -0.3 is 25.0 Å². The lowest BCUT2D eigenvalue weighted by atomic mass is 9.99. The predicted octanol–water partition coefficient (Wildman–Crippen LogP) is 5.50. The summed E-state index contributed by atoms with van der Waals surface area (Å²) in [4.78, 5) is 11.4. The number of benzene rings is 4. The van der Waals surface area contributed by atoms with Gasteiger partial charge in [-0.2, -0.15) is 4.68 Å². The smallest absolute Gasteiger partial charge is 0.217 e. The maximum Gasteiger partial charge on any atom is 0.217 e. The molecule has 0 radical (unpaired) electrons. The molecule has 3 N–H and O–H groups in total. The number of aliphatic hydroxyl groups is 1. The number of hydrogen-bond donors (Lipinski definition) is 3. The van der Waals surface area contributed by atoms with Crippen LogP contribution in [-0.2, 0) is 27.4 Å². The van der Waals surface area contributed by atoms with Crippen molar-refractivity contribution in [1.29, 1.82) is 0 Å². The maximum atomic E-state index is 11.4. The molecule has 0 unspecified atom stereocenters. The summed E-state index contributed by atoms with van der Waals surface area (Å²) in [5.74, 6) is 0.677. The van der Waals surface area contributed by atoms with Crippen LogP contribution in [-0.4, -0.2) is 48.2 Å². The van der Waals surface area contributed by atoms with Crippen molar-refractivity contribution in [3.63, 3.8) is 0 Å². The van der Waals surface area contributed by atoms with Gasteiger partial charge in [-0.05, 0) is 74.6 Å². The van der Waals surface area contributed by atoms with Crippen LogP contribution in [0.2, 0.25) is 0 Å². The molecular formula is C34H33N5O5S. The number of rotatable bonds is 10. The van der Waals surface area contributed by atoms with E-state index in [-0.39, 0.29) is 30.5 Å². The van der Waals surface area contributed by atoms with Crippen LogP contribution < -0.4 is 5.32 Å². The minimum atomic E-state index is -0.623. The van der Waals surface area contributed by atoms with E-state index in [0.29, 0.717) is 23.9 Å². The van der Waals surface area contributed by atoms with E-state index in [2.05, 4.69) is 33.0 Å². The Balaban J connectivity index is 1.24. The van der Waals surface area contributed by atoms with Gasteiger partial charge in [0.25, 0.3) is 0 Å². The number of carbonyl (C=O) groups is 1. The summed E-state index contributed by atoms with van der Waals surface area (Å²) in [6.07, 6.45) is -0.429. The first kappa shape index (κ1) is 30.5. The van der Waals surface area contributed by atoms with Crippen LogP contribution in [0.15, 0.2) is 102 Å². The number of ether oxygens (including phenoxy) is 2. The molecule has 0 spiro atoms. The Morgan fingerprint density at radius 2 is 1.69 bits per heavy atom. The zero-order valence-corrected chi connectivity index (χ0v) is 25.4. The van der Waals surface area contributed by atoms with Crippen molar-refractivity contribution in [2.24, 2.45) is 0 Å². The van der Waals surface area contributed by atoms with Crippen LogP contribution in [0.3, 0.4) is 0 Å². The summed E-state index contributed by atoms with van der Waals surface area (Å²) in [5.41, 5.74) is 6.52. The Morgan fingerprint density at radius 3 is 2.44 bits per heavy atom. The summed E-state index contributed by atoms with van der Waals surface area (Å²) in [6.45, 7) is 1.95. The predicted molar refractivity (Wildman–Crippen MR) is 169 cm³/mol. The third-order valence-electron chi connectivity index (χ3n) is 7.51. The first-order valence-electron chi connectivity index (χ1n) is 14.6. The standard InChI is InChI=1S/C34H33N5O5S/c1-22(41)35-19-24-4-2-5-26(16-24)27-6-3-7-28(17-27)33-43-31(18-32(44-33)25-10-8-23(20-40)9-11-25)21-45-34-36-37-38-39(34)29-12-14-30(42)15-13-29/h2-17,31-33,40,42H,18-21H2,1H3,(H,35,41)/t31-,32+,33+/m0/s1. The quantitative estimate of drug-likeness (QED) is 0.173. The number of aromatic hydroxyl groups is 1. The molecule has 1 amide bonds. The fraction of sp³-hybridized carbons (Fsp3) is 0.235. The minimum absolute atomic E-state index is 0.0225. The average molecular weight is 624 g/mol. The Bertz CT molecular complexity index is 1740. The van der Waals surface area contributed by atoms with E-state index >= 15 is 0 Å². The van der Waals surface area contributed by atoms with E-state index in [4.69, 9.17) is 9.47 Å². The highest BCUT2D eigenvalue weighted by Gasteiger charge is 2.33. The molecule has 2 heterocycles. The number of carbonyl (C=O) groups excluding carboxylic acids is 1. The van der Waals surface area contributed by atoms with E-state index in [1.807, 2.05) is 60.7 Å². The molecule has 0 aliphatic carbocycles. The van der Waals surface area contributed by atoms with Crippen LogP contribution >= 0.6 is 11.8 Å². The van der Waals surface area contributed by atoms with Crippen LogP contribution in [0.25, 0.3) is 16.8 Å². The highest BCUT2D eigenvalue weighted by atomic mass is 32.2. The first-order chi connectivity index (χ1) is 21.9. The van der Waals surface area contributed by atoms with Crippen LogP contribution in [0.4, 0.5) is 0 Å². The van der Waals surface area contributed by atoms with Crippen LogP contribution in [0.1, 0.15) is 48.0 Å². The molecule has 1 aromatic heterocycles. The second kappa shape index (κ2) is 14.0. The summed E-state index contributed by atoms with van der Waals surface area (Å²) in [7, 11) is 0. The van der Waals surface area contributed by atoms with Gasteiger partial charge in [-0.1, -0.05) is 72.4 Å². The lowest BCUT2D eigenvalue weighted by molar-refractivity contribution is -0.245. The van der Waals surface area contributed by atoms with Gasteiger partial charge in [0.1, 0.15) is 5.75 Å². The van der Waals surface area contributed by atoms with E-state index in [1.54, 1.807) is 28.9 Å². The normalized spacial score (nSPS) is 18.0. The van der Waals surface area contributed by atoms with Gasteiger partial charge in [-0.15, -0.1) is 5.10 Å². The number of thioether (sulfide) groups is 1. The van der Waals surface area contributed by atoms with Gasteiger partial charge in [-0.25, -0.2) is 0 Å². The molecule has 0 saturated carbocycles. The van der Waals surface area contributed by atoms with Crippen molar-refractivity contribution >= 4 is 17.7 Å². The average Bonchev–Trinajstić information content (AvgIpc) is 3.55. The number of hydrogen-bond acceptors (Lipinski definition) is 9. The molecule has 45 heavy (non-hydrogen) atoms. The molecule has 4 aromatic carbocycles. The molecule has 11 heteroatoms. The first-order valence-corrected chi connectivity index (χ1v) is 15.6. The molecule has 1 saturated heterocycles. The van der Waals surface area contributed by atoms with Gasteiger partial charge in [0, 0.05) is 31.2 Å². The number of amides is 1. The van der Waals surface area contributed by atoms with Crippen LogP contribution in [0.5, 0.6) is 5.75 Å². The van der Waals surface area contributed by atoms with Crippen molar-refractivity contribution in [3.8, 4) is 22.6 Å². The van der Waals surface area contributed by atoms with Gasteiger partial charge in [0.2, 0.25) is 11.1 Å². The molecule has 1 fully saturated rings. The van der Waals surface area contributed by atoms with E-state index < -0.39 is 6.29 Å². The van der Waals surface area contributed by atoms with Gasteiger partial charge in [-0.3, -0.25) is 4.79 Å². The van der Waals surface area contributed by atoms with E-state index in [1.165, 1.54) is 18.7 Å². The number of aromatic nitrogens is 4. The minimum Gasteiger partial charge on any atom is -0.508 e. The Hall–Kier alpha value is -4.55. The summed E-state index contributed by atoms with van der Waals surface area (Å²) in [6, 6.07) is 30.7. The summed E-state index contributed by atoms with van der Waals surface area (Å²) in [5, 5.41) is 34.9. The SMILES string of the molecule is CC(=O)NCc1cccc(-c2cccc([C@@H]3O[C@H](CSc4nnnn4-c4ccc(O)cc4)C[C@H](c4ccc(CO)cc4)O3)c2)c1. The number of phenols is 1. The molecule has 1 aliphatic heterocycles. The topological polar surface area (TPSA) is 132 Å². The Morgan fingerprint density at radius 1 is 0.933 bits per heavy atom. The monoisotopic (exact) mass is 623 g/mol. The van der Waals surface area contributed by atoms with Crippen molar-refractivity contribution in [3.05, 3.63) is 119 Å². The van der Waals surface area contributed by atoms with Crippen molar-refractivity contribution < 1.29 is 24.5 Å². The van der Waals surface area contributed by atoms with Crippen molar-refractivity contribution in [1.82, 2.24) is 25.5 Å². The highest BCUT2D eigenvalue weighted by Crippen LogP contribution is 2.40. The number of nitrogens with zero attached hydrogens (tertiary/aromatic N) is 4. The molecule has 230 valence electrons. The van der Waals surface area contributed by atoms with Gasteiger partial charge >= 0.3 is 0 Å². The molecule has 10 nitrogen and oxygen atoms in total. The van der Waals surface area contributed by atoms with Crippen LogP contribution in [0, 0.1) is 0 Å². The third-order valence-corrected chi connectivity index (χ3v) is 8.56. The molecular weight excluding hydrogens is 590 g/mol. The maximum absolute atomic E-state index is 11.4. The highest BCUT2D eigenvalue weighted by molar-refractivity contribution is 7.99. The van der Waals surface area contributed by atoms with E-state index in [0.717, 1.165) is 39.1 Å². The molecule has 0 bridgehead atoms. The molecule has 3 atom stereocenters. The number of phenolic OH excluding ortho intramolecular Hbond substituents is 1. The summed E-state index contributed by atoms with van der Waals surface area (Å²) >= 11 is 1.49. The number of nitrogens with one attached hydrogen (secondary N) is 1. The number of tetrazole rings is 1. The van der Waals surface area contributed by atoms with Gasteiger partial charge in [0.15, 0.2) is 6.29 Å². The zero-order valence-electron chi connectivity index (χ0n) is 24.6. The largest absolute Gasteiger partial charge is 0.508 e. The Labute approximate surface area is 265 Å². The second-order valence-electron chi connectivity index (χ2n) is 10.8. The summed E-state index contributed by atoms with van der Waals surface area (Å²) < 4.78 is 14.8. The third kappa shape index (κ3) is 7.58. The lowest BCUT2D eigenvalue weighted by Gasteiger charge is -2.36. The van der Waals surface area contributed by atoms with Crippen molar-refractivity contribution in [2.45, 2.75) is 50.2 Å². The molecule has 6 rings (SSSR count). The Kier molecular flexibility index (Phi) is 9.51. The fourth-order valence-corrected chi connectivity index (χ4v) is 6.08. The molecule has 1 aliphatic rings.